The molecule has 0 radical (unpaired) electrons. The number of ether oxygens (including phenoxy) is 1. The third kappa shape index (κ3) is 3.25. The van der Waals surface area contributed by atoms with Crippen LogP contribution in [0, 0.1) is 5.92 Å². The second kappa shape index (κ2) is 7.24. The van der Waals surface area contributed by atoms with Gasteiger partial charge in [-0.3, -0.25) is 9.79 Å². The molecule has 5 rings (SSSR count). The molecule has 1 amide bonds. The molecule has 3 aliphatic rings. The number of amides is 1. The number of nitrogens with zero attached hydrogens (tertiary/aromatic N) is 3. The fourth-order valence-electron chi connectivity index (χ4n) is 3.49. The van der Waals surface area contributed by atoms with Crippen molar-refractivity contribution in [1.29, 1.82) is 0 Å². The Morgan fingerprint density at radius 3 is 2.59 bits per heavy atom. The van der Waals surface area contributed by atoms with Crippen molar-refractivity contribution in [2.24, 2.45) is 15.9 Å². The number of fused-ring (bicyclic) bond motifs is 1. The van der Waals surface area contributed by atoms with Crippen LogP contribution in [0.3, 0.4) is 0 Å². The first kappa shape index (κ1) is 17.2. The largest absolute Gasteiger partial charge is 0.425 e. The van der Waals surface area contributed by atoms with Crippen LogP contribution in [0.2, 0.25) is 0 Å². The molecule has 0 aromatic heterocycles. The van der Waals surface area contributed by atoms with Crippen LogP contribution in [0.1, 0.15) is 0 Å². The molecule has 1 N–H and O–H groups in total. The van der Waals surface area contributed by atoms with E-state index in [2.05, 4.69) is 21.4 Å². The summed E-state index contributed by atoms with van der Waals surface area (Å²) in [6.45, 7) is 0. The van der Waals surface area contributed by atoms with E-state index in [1.54, 1.807) is 6.21 Å². The van der Waals surface area contributed by atoms with E-state index in [1.807, 2.05) is 79.0 Å². The van der Waals surface area contributed by atoms with Gasteiger partial charge in [-0.05, 0) is 42.0 Å². The van der Waals surface area contributed by atoms with Gasteiger partial charge in [-0.15, -0.1) is 0 Å². The number of hydrogen-bond donors (Lipinski definition) is 1. The van der Waals surface area contributed by atoms with E-state index >= 15 is 0 Å². The lowest BCUT2D eigenvalue weighted by Gasteiger charge is -2.18. The van der Waals surface area contributed by atoms with Crippen LogP contribution in [0.5, 0.6) is 5.75 Å². The van der Waals surface area contributed by atoms with E-state index in [9.17, 15) is 4.79 Å². The molecular weight excluding hydrogens is 364 g/mol. The summed E-state index contributed by atoms with van der Waals surface area (Å²) in [4.78, 5) is 23.6. The molecule has 0 fully saturated rings. The van der Waals surface area contributed by atoms with Gasteiger partial charge in [0.2, 0.25) is 0 Å². The van der Waals surface area contributed by atoms with Gasteiger partial charge in [-0.25, -0.2) is 4.90 Å². The summed E-state index contributed by atoms with van der Waals surface area (Å²) in [5.41, 5.74) is 2.00. The Kier molecular flexibility index (Phi) is 4.29. The summed E-state index contributed by atoms with van der Waals surface area (Å²) in [5.74, 6) is 0.474. The molecule has 3 heterocycles. The van der Waals surface area contributed by atoms with Crippen LogP contribution in [0.4, 0.5) is 5.69 Å². The van der Waals surface area contributed by atoms with Gasteiger partial charge in [0.25, 0.3) is 5.91 Å². The van der Waals surface area contributed by atoms with Crippen molar-refractivity contribution in [3.63, 3.8) is 0 Å². The molecule has 6 heteroatoms. The molecular formula is C23H18N4O2. The summed E-state index contributed by atoms with van der Waals surface area (Å²) in [6.07, 6.45) is 9.43. The van der Waals surface area contributed by atoms with Gasteiger partial charge in [0.1, 0.15) is 17.6 Å². The van der Waals surface area contributed by atoms with Crippen molar-refractivity contribution in [3.05, 3.63) is 96.4 Å². The van der Waals surface area contributed by atoms with Crippen LogP contribution in [0.15, 0.2) is 106 Å². The SMILES string of the molecule is O=C1/C(=C/C2=CNC3N=CC=CC23)N=C(Oc2ccccc2)N1c1ccccc1. The maximum Gasteiger partial charge on any atom is 0.310 e. The summed E-state index contributed by atoms with van der Waals surface area (Å²) < 4.78 is 5.96. The van der Waals surface area contributed by atoms with Crippen molar-refractivity contribution >= 4 is 23.8 Å². The van der Waals surface area contributed by atoms with Crippen molar-refractivity contribution in [2.75, 3.05) is 4.90 Å². The molecule has 3 aliphatic heterocycles. The molecule has 2 atom stereocenters. The van der Waals surface area contributed by atoms with Gasteiger partial charge in [-0.1, -0.05) is 42.5 Å². The van der Waals surface area contributed by atoms with Gasteiger partial charge >= 0.3 is 6.02 Å². The molecule has 29 heavy (non-hydrogen) atoms. The number of amidine groups is 1. The maximum absolute atomic E-state index is 13.2. The predicted molar refractivity (Wildman–Crippen MR) is 113 cm³/mol. The fourth-order valence-corrected chi connectivity index (χ4v) is 3.49. The maximum atomic E-state index is 13.2. The Hall–Kier alpha value is -3.93. The number of allylic oxidation sites excluding steroid dienone is 2. The minimum absolute atomic E-state index is 0.0300. The number of dihydropyridines is 1. The van der Waals surface area contributed by atoms with Crippen molar-refractivity contribution in [2.45, 2.75) is 6.17 Å². The smallest absolute Gasteiger partial charge is 0.310 e. The number of nitrogens with one attached hydrogen (secondary N) is 1. The number of rotatable bonds is 3. The van der Waals surface area contributed by atoms with E-state index in [0.29, 0.717) is 17.1 Å². The summed E-state index contributed by atoms with van der Waals surface area (Å²) >= 11 is 0. The average Bonchev–Trinajstić information content (AvgIpc) is 3.31. The first-order valence-electron chi connectivity index (χ1n) is 9.38. The van der Waals surface area contributed by atoms with Crippen LogP contribution in [-0.2, 0) is 4.79 Å². The Balaban J connectivity index is 1.50. The van der Waals surface area contributed by atoms with E-state index in [0.717, 1.165) is 5.57 Å². The van der Waals surface area contributed by atoms with Gasteiger partial charge in [0.05, 0.1) is 5.69 Å². The van der Waals surface area contributed by atoms with E-state index in [-0.39, 0.29) is 24.0 Å². The van der Waals surface area contributed by atoms with E-state index in [4.69, 9.17) is 4.74 Å². The first-order valence-corrected chi connectivity index (χ1v) is 9.38. The second-order valence-electron chi connectivity index (χ2n) is 6.78. The van der Waals surface area contributed by atoms with Crippen LogP contribution in [0.25, 0.3) is 0 Å². The van der Waals surface area contributed by atoms with Crippen LogP contribution < -0.4 is 15.0 Å². The minimum Gasteiger partial charge on any atom is -0.425 e. The lowest BCUT2D eigenvalue weighted by molar-refractivity contribution is -0.114. The van der Waals surface area contributed by atoms with Crippen molar-refractivity contribution in [3.8, 4) is 5.75 Å². The number of carbonyl (C=O) groups is 1. The Bertz CT molecular complexity index is 1080. The molecule has 2 unspecified atom stereocenters. The van der Waals surface area contributed by atoms with Gasteiger partial charge < -0.3 is 10.1 Å². The van der Waals surface area contributed by atoms with Gasteiger partial charge in [-0.2, -0.15) is 4.99 Å². The number of anilines is 1. The van der Waals surface area contributed by atoms with Crippen LogP contribution in [-0.4, -0.2) is 24.3 Å². The molecule has 6 nitrogen and oxygen atoms in total. The highest BCUT2D eigenvalue weighted by molar-refractivity contribution is 6.25. The highest BCUT2D eigenvalue weighted by Crippen LogP contribution is 2.30. The summed E-state index contributed by atoms with van der Waals surface area (Å²) in [5, 5.41) is 3.23. The first-order chi connectivity index (χ1) is 14.3. The molecule has 2 aromatic carbocycles. The number of hydrogen-bond acceptors (Lipinski definition) is 5. The number of para-hydroxylation sites is 2. The van der Waals surface area contributed by atoms with Gasteiger partial charge in [0.15, 0.2) is 0 Å². The van der Waals surface area contributed by atoms with Gasteiger partial charge in [0, 0.05) is 18.3 Å². The summed E-state index contributed by atoms with van der Waals surface area (Å²) in [6, 6.07) is 18.9. The molecule has 0 spiro atoms. The second-order valence-corrected chi connectivity index (χ2v) is 6.78. The van der Waals surface area contributed by atoms with Crippen LogP contribution >= 0.6 is 0 Å². The third-order valence-corrected chi connectivity index (χ3v) is 4.90. The highest BCUT2D eigenvalue weighted by Gasteiger charge is 2.35. The normalized spacial score (nSPS) is 23.7. The molecule has 0 bridgehead atoms. The Labute approximate surface area is 168 Å². The lowest BCUT2D eigenvalue weighted by atomic mass is 9.97. The monoisotopic (exact) mass is 382 g/mol. The van der Waals surface area contributed by atoms with E-state index in [1.165, 1.54) is 4.90 Å². The minimum atomic E-state index is -0.227. The highest BCUT2D eigenvalue weighted by atomic mass is 16.5. The standard InChI is InChI=1S/C23H18N4O2/c28-22-20(14-16-15-25-21-19(16)12-7-13-24-21)26-23(29-18-10-5-2-6-11-18)27(22)17-8-3-1-4-9-17/h1-15,19,21,25H/b20-14-. The van der Waals surface area contributed by atoms with E-state index < -0.39 is 0 Å². The third-order valence-electron chi connectivity index (χ3n) is 4.90. The Morgan fingerprint density at radius 2 is 1.79 bits per heavy atom. The Morgan fingerprint density at radius 1 is 1.03 bits per heavy atom. The lowest BCUT2D eigenvalue weighted by Crippen LogP contribution is -2.35. The van der Waals surface area contributed by atoms with Crippen molar-refractivity contribution < 1.29 is 9.53 Å². The quantitative estimate of drug-likeness (QED) is 0.827. The zero-order chi connectivity index (χ0) is 19.6. The molecule has 0 aliphatic carbocycles. The number of carbonyl (C=O) groups excluding carboxylic acids is 1. The number of benzene rings is 2. The van der Waals surface area contributed by atoms with Crippen molar-refractivity contribution in [1.82, 2.24) is 5.32 Å². The fraction of sp³-hybridized carbons (Fsp3) is 0.0870. The summed E-state index contributed by atoms with van der Waals surface area (Å²) in [7, 11) is 0. The number of aliphatic imine (C=N–C) groups is 2. The topological polar surface area (TPSA) is 66.3 Å². The molecule has 0 saturated carbocycles. The zero-order valence-corrected chi connectivity index (χ0v) is 15.5. The molecule has 2 aromatic rings. The predicted octanol–water partition coefficient (Wildman–Crippen LogP) is 3.42. The molecule has 142 valence electrons. The molecule has 0 saturated heterocycles. The zero-order valence-electron chi connectivity index (χ0n) is 15.5. The average molecular weight is 382 g/mol.